The zero-order chi connectivity index (χ0) is 17.9. The van der Waals surface area contributed by atoms with Crippen molar-refractivity contribution in [3.8, 4) is 5.75 Å². The fourth-order valence-corrected chi connectivity index (χ4v) is 7.33. The summed E-state index contributed by atoms with van der Waals surface area (Å²) < 4.78 is 6.25. The van der Waals surface area contributed by atoms with E-state index in [1.165, 1.54) is 16.9 Å². The van der Waals surface area contributed by atoms with Gasteiger partial charge in [-0.15, -0.1) is 34.9 Å². The quantitative estimate of drug-likeness (QED) is 0.775. The van der Waals surface area contributed by atoms with Crippen LogP contribution in [0.1, 0.15) is 34.1 Å². The molecule has 1 amide bonds. The van der Waals surface area contributed by atoms with Gasteiger partial charge in [0.15, 0.2) is 11.7 Å². The van der Waals surface area contributed by atoms with E-state index >= 15 is 0 Å². The van der Waals surface area contributed by atoms with Crippen molar-refractivity contribution in [3.05, 3.63) is 40.4 Å². The van der Waals surface area contributed by atoms with Gasteiger partial charge in [0.1, 0.15) is 5.75 Å². The van der Waals surface area contributed by atoms with E-state index in [-0.39, 0.29) is 12.5 Å². The van der Waals surface area contributed by atoms with E-state index in [0.717, 1.165) is 35.8 Å². The minimum absolute atomic E-state index is 0.0136. The Kier molecular flexibility index (Phi) is 5.76. The number of nitrogens with one attached hydrogen (secondary N) is 1. The summed E-state index contributed by atoms with van der Waals surface area (Å²) in [4.78, 5) is 18.2. The van der Waals surface area contributed by atoms with Crippen LogP contribution >= 0.6 is 34.9 Å². The third-order valence-electron chi connectivity index (χ3n) is 4.59. The highest BCUT2D eigenvalue weighted by molar-refractivity contribution is 8.19. The number of para-hydroxylation sites is 1. The maximum absolute atomic E-state index is 12.3. The van der Waals surface area contributed by atoms with Gasteiger partial charge < -0.3 is 4.74 Å². The van der Waals surface area contributed by atoms with Crippen molar-refractivity contribution in [1.29, 1.82) is 0 Å². The molecule has 7 heteroatoms. The molecule has 2 aliphatic rings. The molecule has 26 heavy (non-hydrogen) atoms. The van der Waals surface area contributed by atoms with Crippen molar-refractivity contribution in [2.45, 2.75) is 30.8 Å². The molecule has 0 bridgehead atoms. The van der Waals surface area contributed by atoms with Gasteiger partial charge >= 0.3 is 0 Å². The van der Waals surface area contributed by atoms with Crippen LogP contribution in [0.2, 0.25) is 0 Å². The van der Waals surface area contributed by atoms with Crippen LogP contribution in [0.15, 0.2) is 24.3 Å². The van der Waals surface area contributed by atoms with Crippen LogP contribution in [-0.2, 0) is 17.6 Å². The standard InChI is InChI=1S/C19H22N2O2S3/c1-12-6-7-14-16(10-12)26-19(20-14)21-17(22)11-23-15-5-3-2-4-13(15)18-24-8-9-25-18/h2-5,12,18H,6-11H2,1H3,(H,20,21,22). The van der Waals surface area contributed by atoms with Gasteiger partial charge in [0, 0.05) is 21.9 Å². The SMILES string of the molecule is CC1CCc2nc(NC(=O)COc3ccccc3C3SCCS3)sc2C1. The second-order valence-corrected chi connectivity index (χ2v) is 10.5. The Balaban J connectivity index is 1.36. The molecule has 4 nitrogen and oxygen atoms in total. The molecule has 138 valence electrons. The largest absolute Gasteiger partial charge is 0.483 e. The number of thioether (sulfide) groups is 2. The van der Waals surface area contributed by atoms with Crippen LogP contribution in [-0.4, -0.2) is 29.0 Å². The van der Waals surface area contributed by atoms with Crippen LogP contribution in [0.3, 0.4) is 0 Å². The highest BCUT2D eigenvalue weighted by Crippen LogP contribution is 2.48. The normalized spacial score (nSPS) is 20.0. The third-order valence-corrected chi connectivity index (χ3v) is 8.69. The predicted molar refractivity (Wildman–Crippen MR) is 112 cm³/mol. The van der Waals surface area contributed by atoms with E-state index in [0.29, 0.717) is 15.6 Å². The summed E-state index contributed by atoms with van der Waals surface area (Å²) in [6.07, 6.45) is 3.27. The molecule has 1 N–H and O–H groups in total. The summed E-state index contributed by atoms with van der Waals surface area (Å²) in [5.74, 6) is 3.69. The number of carbonyl (C=O) groups is 1. The Morgan fingerprint density at radius 1 is 1.31 bits per heavy atom. The number of aryl methyl sites for hydroxylation is 1. The Morgan fingerprint density at radius 3 is 2.96 bits per heavy atom. The predicted octanol–water partition coefficient (Wildman–Crippen LogP) is 4.76. The zero-order valence-corrected chi connectivity index (χ0v) is 17.1. The summed E-state index contributed by atoms with van der Waals surface area (Å²) in [6.45, 7) is 2.28. The van der Waals surface area contributed by atoms with Crippen LogP contribution in [0.25, 0.3) is 0 Å². The first kappa shape index (κ1) is 18.2. The highest BCUT2D eigenvalue weighted by atomic mass is 32.2. The fourth-order valence-electron chi connectivity index (χ4n) is 3.24. The summed E-state index contributed by atoms with van der Waals surface area (Å²) >= 11 is 5.48. The maximum atomic E-state index is 12.3. The summed E-state index contributed by atoms with van der Waals surface area (Å²) in [7, 11) is 0. The van der Waals surface area contributed by atoms with Gasteiger partial charge in [-0.1, -0.05) is 25.1 Å². The number of hydrogen-bond donors (Lipinski definition) is 1. The van der Waals surface area contributed by atoms with Crippen LogP contribution < -0.4 is 10.1 Å². The van der Waals surface area contributed by atoms with Gasteiger partial charge in [-0.25, -0.2) is 4.98 Å². The van der Waals surface area contributed by atoms with Gasteiger partial charge in [-0.2, -0.15) is 0 Å². The first-order chi connectivity index (χ1) is 12.7. The molecular weight excluding hydrogens is 384 g/mol. The van der Waals surface area contributed by atoms with Crippen LogP contribution in [0, 0.1) is 5.92 Å². The number of ether oxygens (including phenoxy) is 1. The lowest BCUT2D eigenvalue weighted by Gasteiger charge is -2.15. The van der Waals surface area contributed by atoms with E-state index in [9.17, 15) is 4.79 Å². The number of hydrogen-bond acceptors (Lipinski definition) is 6. The molecule has 2 heterocycles. The molecule has 1 saturated heterocycles. The molecule has 2 aromatic rings. The van der Waals surface area contributed by atoms with Crippen molar-refractivity contribution in [1.82, 2.24) is 4.98 Å². The van der Waals surface area contributed by atoms with Gasteiger partial charge in [-0.3, -0.25) is 10.1 Å². The number of thiazole rings is 1. The summed E-state index contributed by atoms with van der Waals surface area (Å²) in [5, 5.41) is 3.61. The lowest BCUT2D eigenvalue weighted by atomic mass is 9.93. The molecule has 1 fully saturated rings. The minimum atomic E-state index is -0.148. The number of anilines is 1. The van der Waals surface area contributed by atoms with Crippen molar-refractivity contribution < 1.29 is 9.53 Å². The molecule has 1 atom stereocenters. The van der Waals surface area contributed by atoms with Gasteiger partial charge in [0.05, 0.1) is 10.3 Å². The van der Waals surface area contributed by atoms with Crippen molar-refractivity contribution in [2.24, 2.45) is 5.92 Å². The molecule has 1 aliphatic heterocycles. The average Bonchev–Trinajstić information content (AvgIpc) is 3.29. The lowest BCUT2D eigenvalue weighted by molar-refractivity contribution is -0.118. The number of aromatic nitrogens is 1. The first-order valence-corrected chi connectivity index (χ1v) is 11.8. The van der Waals surface area contributed by atoms with Crippen molar-refractivity contribution >= 4 is 45.9 Å². The number of rotatable bonds is 5. The fraction of sp³-hybridized carbons (Fsp3) is 0.474. The van der Waals surface area contributed by atoms with E-state index < -0.39 is 0 Å². The molecule has 1 aromatic heterocycles. The lowest BCUT2D eigenvalue weighted by Crippen LogP contribution is -2.20. The minimum Gasteiger partial charge on any atom is -0.483 e. The van der Waals surface area contributed by atoms with Crippen molar-refractivity contribution in [3.63, 3.8) is 0 Å². The number of nitrogens with zero attached hydrogens (tertiary/aromatic N) is 1. The van der Waals surface area contributed by atoms with E-state index in [2.05, 4.69) is 23.3 Å². The Morgan fingerprint density at radius 2 is 2.12 bits per heavy atom. The maximum Gasteiger partial charge on any atom is 0.264 e. The highest BCUT2D eigenvalue weighted by Gasteiger charge is 2.23. The molecule has 1 aromatic carbocycles. The van der Waals surface area contributed by atoms with E-state index in [1.54, 1.807) is 11.3 Å². The summed E-state index contributed by atoms with van der Waals surface area (Å²) in [5.41, 5.74) is 2.33. The Hall–Kier alpha value is -1.18. The number of benzene rings is 1. The monoisotopic (exact) mass is 406 g/mol. The summed E-state index contributed by atoms with van der Waals surface area (Å²) in [6, 6.07) is 8.03. The van der Waals surface area contributed by atoms with E-state index in [1.807, 2.05) is 41.7 Å². The number of amides is 1. The first-order valence-electron chi connectivity index (χ1n) is 8.92. The number of fused-ring (bicyclic) bond motifs is 1. The molecule has 0 spiro atoms. The molecule has 1 unspecified atom stereocenters. The van der Waals surface area contributed by atoms with Gasteiger partial charge in [0.25, 0.3) is 5.91 Å². The topological polar surface area (TPSA) is 51.2 Å². The molecule has 0 saturated carbocycles. The number of carbonyl (C=O) groups excluding carboxylic acids is 1. The second kappa shape index (κ2) is 8.23. The molecule has 1 aliphatic carbocycles. The van der Waals surface area contributed by atoms with Crippen LogP contribution in [0.4, 0.5) is 5.13 Å². The molecule has 0 radical (unpaired) electrons. The zero-order valence-electron chi connectivity index (χ0n) is 14.7. The Labute approximate surface area is 166 Å². The van der Waals surface area contributed by atoms with Crippen molar-refractivity contribution in [2.75, 3.05) is 23.4 Å². The van der Waals surface area contributed by atoms with Gasteiger partial charge in [0.2, 0.25) is 0 Å². The Bertz CT molecular complexity index is 787. The molecule has 4 rings (SSSR count). The molecular formula is C19H22N2O2S3. The van der Waals surface area contributed by atoms with E-state index in [4.69, 9.17) is 4.74 Å². The second-order valence-electron chi connectivity index (χ2n) is 6.69. The van der Waals surface area contributed by atoms with Gasteiger partial charge in [-0.05, 0) is 31.2 Å². The smallest absolute Gasteiger partial charge is 0.264 e. The van der Waals surface area contributed by atoms with Crippen LogP contribution in [0.5, 0.6) is 5.75 Å². The third kappa shape index (κ3) is 4.21. The average molecular weight is 407 g/mol.